The molecular formula is C25H34ClN3O2S. The number of halogens is 1. The number of hydrogen-bond donors (Lipinski definition) is 1. The fraction of sp³-hybridized carbons (Fsp3) is 0.520. The van der Waals surface area contributed by atoms with Crippen molar-refractivity contribution in [3.8, 4) is 0 Å². The monoisotopic (exact) mass is 475 g/mol. The van der Waals surface area contributed by atoms with Crippen molar-refractivity contribution >= 4 is 27.3 Å². The van der Waals surface area contributed by atoms with Crippen molar-refractivity contribution in [2.45, 2.75) is 56.4 Å². The number of piperidine rings is 2. The van der Waals surface area contributed by atoms with Gasteiger partial charge in [0.05, 0.1) is 4.90 Å². The molecule has 174 valence electrons. The van der Waals surface area contributed by atoms with Crippen LogP contribution in [-0.2, 0) is 16.4 Å². The fourth-order valence-electron chi connectivity index (χ4n) is 4.96. The molecule has 2 saturated heterocycles. The molecule has 0 aliphatic carbocycles. The maximum Gasteiger partial charge on any atom is 0.262 e. The predicted molar refractivity (Wildman–Crippen MR) is 132 cm³/mol. The Labute approximate surface area is 197 Å². The lowest BCUT2D eigenvalue weighted by Gasteiger charge is -2.40. The average molecular weight is 476 g/mol. The summed E-state index contributed by atoms with van der Waals surface area (Å²) in [5.74, 6) is 0. The van der Waals surface area contributed by atoms with Gasteiger partial charge in [0.25, 0.3) is 10.0 Å². The van der Waals surface area contributed by atoms with E-state index >= 15 is 0 Å². The summed E-state index contributed by atoms with van der Waals surface area (Å²) < 4.78 is 28.5. The minimum Gasteiger partial charge on any atom is -0.303 e. The van der Waals surface area contributed by atoms with Gasteiger partial charge in [0.15, 0.2) is 0 Å². The summed E-state index contributed by atoms with van der Waals surface area (Å²) in [6.07, 6.45) is 7.55. The maximum absolute atomic E-state index is 12.9. The normalized spacial score (nSPS) is 19.2. The van der Waals surface area contributed by atoms with Crippen LogP contribution in [0.5, 0.6) is 0 Å². The van der Waals surface area contributed by atoms with Crippen LogP contribution in [0.1, 0.15) is 43.2 Å². The molecule has 32 heavy (non-hydrogen) atoms. The largest absolute Gasteiger partial charge is 0.303 e. The lowest BCUT2D eigenvalue weighted by atomic mass is 9.99. The van der Waals surface area contributed by atoms with E-state index in [0.717, 1.165) is 37.7 Å². The van der Waals surface area contributed by atoms with E-state index < -0.39 is 10.0 Å². The molecule has 5 nitrogen and oxygen atoms in total. The molecule has 2 aromatic carbocycles. The molecule has 0 bridgehead atoms. The van der Waals surface area contributed by atoms with Gasteiger partial charge in [-0.3, -0.25) is 4.72 Å². The molecule has 0 atom stereocenters. The van der Waals surface area contributed by atoms with Crippen LogP contribution in [0.2, 0.25) is 5.02 Å². The van der Waals surface area contributed by atoms with Gasteiger partial charge in [-0.25, -0.2) is 8.42 Å². The van der Waals surface area contributed by atoms with Crippen LogP contribution in [0.15, 0.2) is 47.4 Å². The Bertz CT molecular complexity index is 1010. The Morgan fingerprint density at radius 2 is 1.72 bits per heavy atom. The number of nitrogens with zero attached hydrogens (tertiary/aromatic N) is 2. The van der Waals surface area contributed by atoms with Gasteiger partial charge in [0.2, 0.25) is 0 Å². The lowest BCUT2D eigenvalue weighted by Crippen LogP contribution is -2.47. The summed E-state index contributed by atoms with van der Waals surface area (Å²) >= 11 is 6.12. The van der Waals surface area contributed by atoms with E-state index in [4.69, 9.17) is 11.6 Å². The third-order valence-electron chi connectivity index (χ3n) is 6.87. The number of anilines is 1. The topological polar surface area (TPSA) is 52.7 Å². The van der Waals surface area contributed by atoms with Crippen LogP contribution in [0.4, 0.5) is 5.69 Å². The molecule has 2 heterocycles. The van der Waals surface area contributed by atoms with E-state index in [1.54, 1.807) is 31.2 Å². The second-order valence-corrected chi connectivity index (χ2v) is 11.1. The molecule has 1 N–H and O–H groups in total. The smallest absolute Gasteiger partial charge is 0.262 e. The molecule has 0 unspecified atom stereocenters. The summed E-state index contributed by atoms with van der Waals surface area (Å²) in [4.78, 5) is 5.47. The summed E-state index contributed by atoms with van der Waals surface area (Å²) in [5, 5.41) is 0.450. The predicted octanol–water partition coefficient (Wildman–Crippen LogP) is 4.94. The first-order valence-corrected chi connectivity index (χ1v) is 13.6. The summed E-state index contributed by atoms with van der Waals surface area (Å²) in [5.41, 5.74) is 2.29. The molecule has 0 radical (unpaired) electrons. The molecule has 0 amide bonds. The third kappa shape index (κ3) is 5.84. The molecular weight excluding hydrogens is 442 g/mol. The zero-order valence-corrected chi connectivity index (χ0v) is 20.5. The van der Waals surface area contributed by atoms with Crippen molar-refractivity contribution in [2.24, 2.45) is 0 Å². The molecule has 0 spiro atoms. The molecule has 7 heteroatoms. The molecule has 2 aliphatic heterocycles. The standard InChI is InChI=1S/C25H34ClN3O2S/c1-20-24(26)9-6-10-25(20)32(30,31)27-22-8-5-7-21(19-22)11-16-28-17-12-23(13-18-28)29-14-3-2-4-15-29/h5-10,19,23,27H,2-4,11-18H2,1H3. The Kier molecular flexibility index (Phi) is 7.77. The highest BCUT2D eigenvalue weighted by molar-refractivity contribution is 7.92. The van der Waals surface area contributed by atoms with E-state index in [-0.39, 0.29) is 4.90 Å². The van der Waals surface area contributed by atoms with Gasteiger partial charge < -0.3 is 9.80 Å². The highest BCUT2D eigenvalue weighted by Gasteiger charge is 2.25. The van der Waals surface area contributed by atoms with Crippen molar-refractivity contribution in [3.05, 3.63) is 58.6 Å². The minimum absolute atomic E-state index is 0.215. The Morgan fingerprint density at radius 1 is 1.00 bits per heavy atom. The van der Waals surface area contributed by atoms with Crippen LogP contribution in [0.3, 0.4) is 0 Å². The minimum atomic E-state index is -3.69. The van der Waals surface area contributed by atoms with Crippen LogP contribution >= 0.6 is 11.6 Å². The van der Waals surface area contributed by atoms with Gasteiger partial charge in [-0.05, 0) is 101 Å². The second kappa shape index (κ2) is 10.6. The SMILES string of the molecule is Cc1c(Cl)cccc1S(=O)(=O)Nc1cccc(CCN2CCC(N3CCCCC3)CC2)c1. The van der Waals surface area contributed by atoms with Crippen molar-refractivity contribution in [3.63, 3.8) is 0 Å². The van der Waals surface area contributed by atoms with Crippen LogP contribution < -0.4 is 4.72 Å². The van der Waals surface area contributed by atoms with Crippen LogP contribution in [-0.4, -0.2) is 57.0 Å². The highest BCUT2D eigenvalue weighted by Crippen LogP contribution is 2.25. The van der Waals surface area contributed by atoms with E-state index in [9.17, 15) is 8.42 Å². The van der Waals surface area contributed by atoms with E-state index in [1.165, 1.54) is 45.2 Å². The number of rotatable bonds is 7. The second-order valence-electron chi connectivity index (χ2n) is 9.09. The van der Waals surface area contributed by atoms with Gasteiger partial charge in [0, 0.05) is 23.3 Å². The zero-order valence-electron chi connectivity index (χ0n) is 18.9. The van der Waals surface area contributed by atoms with Crippen LogP contribution in [0.25, 0.3) is 0 Å². The van der Waals surface area contributed by atoms with Gasteiger partial charge in [-0.1, -0.05) is 36.2 Å². The van der Waals surface area contributed by atoms with Crippen molar-refractivity contribution in [1.29, 1.82) is 0 Å². The fourth-order valence-corrected chi connectivity index (χ4v) is 6.51. The number of benzene rings is 2. The van der Waals surface area contributed by atoms with E-state index in [1.807, 2.05) is 12.1 Å². The average Bonchev–Trinajstić information content (AvgIpc) is 2.80. The van der Waals surface area contributed by atoms with Gasteiger partial charge >= 0.3 is 0 Å². The maximum atomic E-state index is 12.9. The number of likely N-dealkylation sites (tertiary alicyclic amines) is 2. The first-order chi connectivity index (χ1) is 15.4. The Balaban J connectivity index is 1.31. The Hall–Kier alpha value is -1.60. The van der Waals surface area contributed by atoms with Gasteiger partial charge in [0.1, 0.15) is 0 Å². The van der Waals surface area contributed by atoms with Crippen LogP contribution in [0, 0.1) is 6.92 Å². The van der Waals surface area contributed by atoms with E-state index in [0.29, 0.717) is 16.3 Å². The molecule has 0 aromatic heterocycles. The lowest BCUT2D eigenvalue weighted by molar-refractivity contribution is 0.0931. The summed E-state index contributed by atoms with van der Waals surface area (Å²) in [7, 11) is -3.69. The molecule has 4 rings (SSSR count). The van der Waals surface area contributed by atoms with Crippen molar-refractivity contribution < 1.29 is 8.42 Å². The molecule has 0 saturated carbocycles. The van der Waals surface area contributed by atoms with Crippen molar-refractivity contribution in [2.75, 3.05) is 37.4 Å². The molecule has 2 aliphatic rings. The first kappa shape index (κ1) is 23.6. The van der Waals surface area contributed by atoms with Gasteiger partial charge in [-0.15, -0.1) is 0 Å². The number of hydrogen-bond acceptors (Lipinski definition) is 4. The Morgan fingerprint density at radius 3 is 2.47 bits per heavy atom. The zero-order chi connectivity index (χ0) is 22.6. The van der Waals surface area contributed by atoms with Gasteiger partial charge in [-0.2, -0.15) is 0 Å². The summed E-state index contributed by atoms with van der Waals surface area (Å²) in [6.45, 7) is 7.60. The third-order valence-corrected chi connectivity index (χ3v) is 8.80. The number of nitrogens with one attached hydrogen (secondary N) is 1. The highest BCUT2D eigenvalue weighted by atomic mass is 35.5. The quantitative estimate of drug-likeness (QED) is 0.616. The van der Waals surface area contributed by atoms with E-state index in [2.05, 4.69) is 20.6 Å². The first-order valence-electron chi connectivity index (χ1n) is 11.8. The number of sulfonamides is 1. The molecule has 2 aromatic rings. The molecule has 2 fully saturated rings. The van der Waals surface area contributed by atoms with Crippen molar-refractivity contribution in [1.82, 2.24) is 9.80 Å². The summed E-state index contributed by atoms with van der Waals surface area (Å²) in [6, 6.07) is 13.4.